The molecule has 0 saturated heterocycles. The van der Waals surface area contributed by atoms with Gasteiger partial charge in [-0.1, -0.05) is 206 Å². The SMILES string of the molecule is CCCCCCCCCCCCCCCCCCC(O)(CCCCCCCCCCCCCCCC)C(N)=O. The second kappa shape index (κ2) is 30.4. The Labute approximate surface area is 246 Å². The maximum atomic E-state index is 11.9. The third-order valence-corrected chi connectivity index (χ3v) is 8.85. The van der Waals surface area contributed by atoms with Crippen LogP contribution in [0.2, 0.25) is 0 Å². The summed E-state index contributed by atoms with van der Waals surface area (Å²) in [6.07, 6.45) is 40.8. The van der Waals surface area contributed by atoms with E-state index in [0.717, 1.165) is 25.7 Å². The first-order chi connectivity index (χ1) is 19.1. The van der Waals surface area contributed by atoms with Crippen LogP contribution >= 0.6 is 0 Å². The average Bonchev–Trinajstić information content (AvgIpc) is 2.93. The lowest BCUT2D eigenvalue weighted by Crippen LogP contribution is -2.43. The molecule has 1 atom stereocenters. The van der Waals surface area contributed by atoms with Gasteiger partial charge in [-0.2, -0.15) is 0 Å². The van der Waals surface area contributed by atoms with Gasteiger partial charge >= 0.3 is 0 Å². The number of hydrogen-bond acceptors (Lipinski definition) is 2. The molecule has 0 aromatic rings. The zero-order chi connectivity index (χ0) is 28.7. The van der Waals surface area contributed by atoms with E-state index in [0.29, 0.717) is 12.8 Å². The van der Waals surface area contributed by atoms with Gasteiger partial charge in [0.15, 0.2) is 0 Å². The first-order valence-corrected chi connectivity index (χ1v) is 18.1. The molecule has 39 heavy (non-hydrogen) atoms. The molecule has 1 amide bonds. The first kappa shape index (κ1) is 38.4. The number of nitrogens with two attached hydrogens (primary N) is 1. The van der Waals surface area contributed by atoms with Gasteiger partial charge in [0.05, 0.1) is 0 Å². The summed E-state index contributed by atoms with van der Waals surface area (Å²) in [5.41, 5.74) is 4.32. The summed E-state index contributed by atoms with van der Waals surface area (Å²) < 4.78 is 0. The van der Waals surface area contributed by atoms with E-state index in [1.807, 2.05) is 0 Å². The molecule has 234 valence electrons. The summed E-state index contributed by atoms with van der Waals surface area (Å²) in [5.74, 6) is -0.516. The van der Waals surface area contributed by atoms with E-state index in [4.69, 9.17) is 5.73 Å². The van der Waals surface area contributed by atoms with Crippen molar-refractivity contribution in [3.05, 3.63) is 0 Å². The summed E-state index contributed by atoms with van der Waals surface area (Å²) in [6, 6.07) is 0. The zero-order valence-corrected chi connectivity index (χ0v) is 27.1. The lowest BCUT2D eigenvalue weighted by molar-refractivity contribution is -0.138. The standard InChI is InChI=1S/C36H73NO2/c1-3-5-7-9-11-13-15-17-19-20-22-24-26-28-30-32-34-36(39,35(37)38)33-31-29-27-25-23-21-18-16-14-12-10-8-6-4-2/h39H,3-34H2,1-2H3,(H2,37,38). The number of unbranched alkanes of at least 4 members (excludes halogenated alkanes) is 28. The molecule has 0 aliphatic heterocycles. The molecule has 0 aliphatic carbocycles. The molecule has 0 heterocycles. The first-order valence-electron chi connectivity index (χ1n) is 18.1. The highest BCUT2D eigenvalue weighted by Crippen LogP contribution is 2.24. The normalized spacial score (nSPS) is 13.1. The molecule has 3 heteroatoms. The van der Waals surface area contributed by atoms with Gasteiger partial charge in [-0.15, -0.1) is 0 Å². The number of hydrogen-bond donors (Lipinski definition) is 2. The van der Waals surface area contributed by atoms with Crippen LogP contribution in [0, 0.1) is 0 Å². The van der Waals surface area contributed by atoms with Crippen molar-refractivity contribution in [1.29, 1.82) is 0 Å². The fourth-order valence-electron chi connectivity index (χ4n) is 5.95. The molecular formula is C36H73NO2. The second-order valence-corrected chi connectivity index (χ2v) is 12.8. The minimum absolute atomic E-state index is 0.516. The van der Waals surface area contributed by atoms with E-state index in [1.165, 1.54) is 167 Å². The van der Waals surface area contributed by atoms with E-state index < -0.39 is 11.5 Å². The lowest BCUT2D eigenvalue weighted by atomic mass is 9.89. The van der Waals surface area contributed by atoms with Crippen LogP contribution in [-0.2, 0) is 4.79 Å². The van der Waals surface area contributed by atoms with Crippen molar-refractivity contribution >= 4 is 5.91 Å². The summed E-state index contributed by atoms with van der Waals surface area (Å²) in [6.45, 7) is 4.56. The highest BCUT2D eigenvalue weighted by Gasteiger charge is 2.32. The van der Waals surface area contributed by atoms with Gasteiger partial charge in [0.25, 0.3) is 0 Å². The maximum absolute atomic E-state index is 11.9. The number of amides is 1. The summed E-state index contributed by atoms with van der Waals surface area (Å²) in [5, 5.41) is 10.8. The van der Waals surface area contributed by atoms with E-state index in [2.05, 4.69) is 13.8 Å². The van der Waals surface area contributed by atoms with Crippen molar-refractivity contribution in [1.82, 2.24) is 0 Å². The van der Waals surface area contributed by atoms with Gasteiger partial charge in [0.1, 0.15) is 5.60 Å². The Hall–Kier alpha value is -0.570. The van der Waals surface area contributed by atoms with Gasteiger partial charge in [-0.25, -0.2) is 0 Å². The Balaban J connectivity index is 3.53. The lowest BCUT2D eigenvalue weighted by Gasteiger charge is -2.24. The van der Waals surface area contributed by atoms with Gasteiger partial charge < -0.3 is 10.8 Å². The molecule has 1 unspecified atom stereocenters. The summed E-state index contributed by atoms with van der Waals surface area (Å²) >= 11 is 0. The Morgan fingerprint density at radius 2 is 0.590 bits per heavy atom. The predicted molar refractivity (Wildman–Crippen MR) is 173 cm³/mol. The van der Waals surface area contributed by atoms with Crippen LogP contribution in [0.25, 0.3) is 0 Å². The molecular weight excluding hydrogens is 478 g/mol. The highest BCUT2D eigenvalue weighted by atomic mass is 16.3. The number of primary amides is 1. The smallest absolute Gasteiger partial charge is 0.249 e. The molecule has 0 bridgehead atoms. The van der Waals surface area contributed by atoms with Crippen LogP contribution in [0.4, 0.5) is 0 Å². The topological polar surface area (TPSA) is 63.3 Å². The Kier molecular flexibility index (Phi) is 29.9. The van der Waals surface area contributed by atoms with Gasteiger partial charge in [-0.05, 0) is 12.8 Å². The van der Waals surface area contributed by atoms with Crippen molar-refractivity contribution < 1.29 is 9.90 Å². The van der Waals surface area contributed by atoms with Crippen molar-refractivity contribution in [2.75, 3.05) is 0 Å². The number of aliphatic hydroxyl groups is 1. The largest absolute Gasteiger partial charge is 0.380 e. The monoisotopic (exact) mass is 552 g/mol. The molecule has 0 fully saturated rings. The molecule has 3 nitrogen and oxygen atoms in total. The fourth-order valence-corrected chi connectivity index (χ4v) is 5.95. The zero-order valence-electron chi connectivity index (χ0n) is 27.1. The molecule has 0 saturated carbocycles. The van der Waals surface area contributed by atoms with E-state index in [-0.39, 0.29) is 0 Å². The molecule has 0 rings (SSSR count). The third-order valence-electron chi connectivity index (χ3n) is 8.85. The molecule has 0 aromatic carbocycles. The summed E-state index contributed by atoms with van der Waals surface area (Å²) in [4.78, 5) is 11.9. The van der Waals surface area contributed by atoms with Crippen LogP contribution in [0.15, 0.2) is 0 Å². The minimum atomic E-state index is -1.28. The molecule has 0 aliphatic rings. The highest BCUT2D eigenvalue weighted by molar-refractivity contribution is 5.83. The number of carbonyl (C=O) groups is 1. The van der Waals surface area contributed by atoms with Crippen molar-refractivity contribution in [3.63, 3.8) is 0 Å². The number of rotatable bonds is 33. The molecule has 3 N–H and O–H groups in total. The molecule has 0 spiro atoms. The molecule has 0 radical (unpaired) electrons. The van der Waals surface area contributed by atoms with Crippen molar-refractivity contribution in [2.24, 2.45) is 5.73 Å². The van der Waals surface area contributed by atoms with Gasteiger partial charge in [0.2, 0.25) is 5.91 Å². The fraction of sp³-hybridized carbons (Fsp3) is 0.972. The van der Waals surface area contributed by atoms with Crippen molar-refractivity contribution in [3.8, 4) is 0 Å². The minimum Gasteiger partial charge on any atom is -0.380 e. The van der Waals surface area contributed by atoms with Gasteiger partial charge in [0, 0.05) is 0 Å². The van der Waals surface area contributed by atoms with Crippen LogP contribution in [0.1, 0.15) is 219 Å². The summed E-state index contributed by atoms with van der Waals surface area (Å²) in [7, 11) is 0. The second-order valence-electron chi connectivity index (χ2n) is 12.8. The van der Waals surface area contributed by atoms with Crippen LogP contribution in [0.3, 0.4) is 0 Å². The van der Waals surface area contributed by atoms with E-state index >= 15 is 0 Å². The number of carbonyl (C=O) groups excluding carboxylic acids is 1. The van der Waals surface area contributed by atoms with Crippen molar-refractivity contribution in [2.45, 2.75) is 225 Å². The third kappa shape index (κ3) is 27.4. The Morgan fingerprint density at radius 1 is 0.410 bits per heavy atom. The molecule has 0 aromatic heterocycles. The quantitative estimate of drug-likeness (QED) is 0.0796. The Morgan fingerprint density at radius 3 is 0.769 bits per heavy atom. The van der Waals surface area contributed by atoms with Crippen LogP contribution in [0.5, 0.6) is 0 Å². The van der Waals surface area contributed by atoms with E-state index in [9.17, 15) is 9.90 Å². The predicted octanol–water partition coefficient (Wildman–Crippen LogP) is 11.7. The van der Waals surface area contributed by atoms with Crippen LogP contribution < -0.4 is 5.73 Å². The van der Waals surface area contributed by atoms with E-state index in [1.54, 1.807) is 0 Å². The Bertz CT molecular complexity index is 494. The maximum Gasteiger partial charge on any atom is 0.249 e. The average molecular weight is 552 g/mol. The van der Waals surface area contributed by atoms with Crippen LogP contribution in [-0.4, -0.2) is 16.6 Å². The van der Waals surface area contributed by atoms with Gasteiger partial charge in [-0.3, -0.25) is 4.79 Å².